The number of aromatic nitrogens is 5. The minimum Gasteiger partial charge on any atom is -0.372 e. The summed E-state index contributed by atoms with van der Waals surface area (Å²) in [5, 5.41) is 15.3. The number of nitrogens with zero attached hydrogens (tertiary/aromatic N) is 6. The van der Waals surface area contributed by atoms with Crippen LogP contribution in [0.3, 0.4) is 0 Å². The van der Waals surface area contributed by atoms with Crippen molar-refractivity contribution in [3.63, 3.8) is 0 Å². The summed E-state index contributed by atoms with van der Waals surface area (Å²) in [5.74, 6) is 0.371. The highest BCUT2D eigenvalue weighted by molar-refractivity contribution is 5.90. The van der Waals surface area contributed by atoms with E-state index in [9.17, 15) is 4.79 Å². The van der Waals surface area contributed by atoms with E-state index in [0.29, 0.717) is 11.6 Å². The minimum absolute atomic E-state index is 0.102. The van der Waals surface area contributed by atoms with Crippen LogP contribution < -0.4 is 10.6 Å². The summed E-state index contributed by atoms with van der Waals surface area (Å²) < 4.78 is 9.44. The molecule has 1 amide bonds. The summed E-state index contributed by atoms with van der Waals surface area (Å²) >= 11 is 0. The van der Waals surface area contributed by atoms with Crippen molar-refractivity contribution in [3.8, 4) is 11.3 Å². The Morgan fingerprint density at radius 1 is 1.08 bits per heavy atom. The van der Waals surface area contributed by atoms with Crippen molar-refractivity contribution < 1.29 is 9.53 Å². The van der Waals surface area contributed by atoms with Crippen molar-refractivity contribution in [1.29, 1.82) is 0 Å². The molecule has 0 radical (unpaired) electrons. The third-order valence-electron chi connectivity index (χ3n) is 6.91. The quantitative estimate of drug-likeness (QED) is 0.324. The molecule has 1 atom stereocenters. The van der Waals surface area contributed by atoms with Crippen LogP contribution >= 0.6 is 0 Å². The highest BCUT2D eigenvalue weighted by Crippen LogP contribution is 2.22. The van der Waals surface area contributed by atoms with E-state index in [-0.39, 0.29) is 18.6 Å². The number of ether oxygens (including phenoxy) is 1. The van der Waals surface area contributed by atoms with Gasteiger partial charge in [0.05, 0.1) is 24.6 Å². The lowest BCUT2D eigenvalue weighted by molar-refractivity contribution is -0.116. The number of hydrogen-bond donors (Lipinski definition) is 2. The summed E-state index contributed by atoms with van der Waals surface area (Å²) in [4.78, 5) is 19.5. The number of carbonyl (C=O) groups is 1. The van der Waals surface area contributed by atoms with E-state index >= 15 is 0 Å². The fraction of sp³-hybridized carbons (Fsp3) is 0.310. The number of likely N-dealkylation sites (tertiary alicyclic amines) is 1. The number of benzene rings is 1. The SMILES string of the molecule is O=C(Cn1cc(-c2cccc3nc(NC4=CCC(OCCN5CCCC5)C=C4)nn23)cn1)Nc1ccccc1. The average Bonchev–Trinajstić information content (AvgIpc) is 3.71. The smallest absolute Gasteiger partial charge is 0.247 e. The predicted molar refractivity (Wildman–Crippen MR) is 150 cm³/mol. The lowest BCUT2D eigenvalue weighted by Crippen LogP contribution is -2.26. The molecular weight excluding hydrogens is 492 g/mol. The number of pyridine rings is 1. The third-order valence-corrected chi connectivity index (χ3v) is 6.91. The van der Waals surface area contributed by atoms with Crippen molar-refractivity contribution in [3.05, 3.63) is 84.8 Å². The van der Waals surface area contributed by atoms with E-state index in [1.54, 1.807) is 15.4 Å². The van der Waals surface area contributed by atoms with Gasteiger partial charge in [0.1, 0.15) is 6.54 Å². The van der Waals surface area contributed by atoms with Gasteiger partial charge in [-0.3, -0.25) is 9.48 Å². The van der Waals surface area contributed by atoms with Crippen LogP contribution in [0.15, 0.2) is 84.8 Å². The molecule has 39 heavy (non-hydrogen) atoms. The molecule has 200 valence electrons. The molecule has 2 N–H and O–H groups in total. The van der Waals surface area contributed by atoms with Gasteiger partial charge in [0, 0.05) is 29.7 Å². The first-order valence-electron chi connectivity index (χ1n) is 13.4. The fourth-order valence-corrected chi connectivity index (χ4v) is 4.91. The molecule has 1 aliphatic heterocycles. The molecule has 2 aliphatic rings. The van der Waals surface area contributed by atoms with E-state index in [0.717, 1.165) is 42.2 Å². The van der Waals surface area contributed by atoms with E-state index in [1.807, 2.05) is 60.8 Å². The molecule has 1 aliphatic carbocycles. The number of para-hydroxylation sites is 1. The minimum atomic E-state index is -0.144. The molecule has 0 spiro atoms. The third kappa shape index (κ3) is 6.24. The molecular formula is C29H32N8O2. The standard InChI is InChI=1S/C29H32N8O2/c38-28(31-23-7-2-1-3-8-23)21-36-20-22(19-30-36)26-9-6-10-27-33-29(34-37(26)27)32-24-11-13-25(14-12-24)39-18-17-35-15-4-5-16-35/h1-3,6-13,19-20,25H,4-5,14-18,21H2,(H,31,38)(H,32,34). The summed E-state index contributed by atoms with van der Waals surface area (Å²) in [6, 6.07) is 15.2. The molecule has 10 heteroatoms. The van der Waals surface area contributed by atoms with Gasteiger partial charge in [-0.1, -0.05) is 36.4 Å². The van der Waals surface area contributed by atoms with Crippen molar-refractivity contribution in [2.75, 3.05) is 36.9 Å². The van der Waals surface area contributed by atoms with Crippen molar-refractivity contribution in [1.82, 2.24) is 29.3 Å². The Morgan fingerprint density at radius 2 is 1.95 bits per heavy atom. The normalized spacial score (nSPS) is 17.4. The topological polar surface area (TPSA) is 102 Å². The molecule has 1 saturated heterocycles. The van der Waals surface area contributed by atoms with E-state index in [4.69, 9.17) is 4.74 Å². The number of fused-ring (bicyclic) bond motifs is 1. The number of nitrogens with one attached hydrogen (secondary N) is 2. The van der Waals surface area contributed by atoms with Crippen LogP contribution in [0.4, 0.5) is 11.6 Å². The van der Waals surface area contributed by atoms with Crippen LogP contribution in [0.25, 0.3) is 16.9 Å². The van der Waals surface area contributed by atoms with Gasteiger partial charge in [0.25, 0.3) is 0 Å². The largest absolute Gasteiger partial charge is 0.372 e. The molecule has 6 rings (SSSR count). The summed E-state index contributed by atoms with van der Waals surface area (Å²) in [7, 11) is 0. The van der Waals surface area contributed by atoms with Gasteiger partial charge >= 0.3 is 0 Å². The molecule has 1 aromatic carbocycles. The molecule has 1 unspecified atom stereocenters. The van der Waals surface area contributed by atoms with Gasteiger partial charge < -0.3 is 20.3 Å². The number of amides is 1. The molecule has 4 heterocycles. The molecule has 0 saturated carbocycles. The van der Waals surface area contributed by atoms with Gasteiger partial charge in [-0.25, -0.2) is 4.52 Å². The number of allylic oxidation sites excluding steroid dienone is 1. The average molecular weight is 525 g/mol. The zero-order valence-corrected chi connectivity index (χ0v) is 21.7. The zero-order valence-electron chi connectivity index (χ0n) is 21.7. The zero-order chi connectivity index (χ0) is 26.4. The highest BCUT2D eigenvalue weighted by atomic mass is 16.5. The number of hydrogen-bond acceptors (Lipinski definition) is 7. The Labute approximate surface area is 227 Å². The summed E-state index contributed by atoms with van der Waals surface area (Å²) in [6.07, 6.45) is 13.3. The monoisotopic (exact) mass is 524 g/mol. The number of carbonyl (C=O) groups excluding carboxylic acids is 1. The number of anilines is 2. The van der Waals surface area contributed by atoms with Gasteiger partial charge in [-0.15, -0.1) is 5.10 Å². The first kappa shape index (κ1) is 25.0. The van der Waals surface area contributed by atoms with Crippen LogP contribution in [0, 0.1) is 0 Å². The predicted octanol–water partition coefficient (Wildman–Crippen LogP) is 3.97. The Hall–Kier alpha value is -4.28. The molecule has 3 aromatic heterocycles. The van der Waals surface area contributed by atoms with Crippen molar-refractivity contribution >= 4 is 23.2 Å². The van der Waals surface area contributed by atoms with Crippen LogP contribution in [0.5, 0.6) is 0 Å². The van der Waals surface area contributed by atoms with E-state index in [2.05, 4.69) is 42.9 Å². The second-order valence-corrected chi connectivity index (χ2v) is 9.79. The Bertz CT molecular complexity index is 1480. The maximum absolute atomic E-state index is 12.4. The van der Waals surface area contributed by atoms with E-state index < -0.39 is 0 Å². The maximum atomic E-state index is 12.4. The van der Waals surface area contributed by atoms with Gasteiger partial charge in [-0.2, -0.15) is 10.1 Å². The lowest BCUT2D eigenvalue weighted by Gasteiger charge is -2.20. The first-order chi connectivity index (χ1) is 19.2. The van der Waals surface area contributed by atoms with Gasteiger partial charge in [0.2, 0.25) is 11.9 Å². The number of rotatable bonds is 10. The molecule has 0 bridgehead atoms. The first-order valence-corrected chi connectivity index (χ1v) is 13.4. The molecule has 4 aromatic rings. The molecule has 1 fully saturated rings. The van der Waals surface area contributed by atoms with Crippen molar-refractivity contribution in [2.45, 2.75) is 31.9 Å². The highest BCUT2D eigenvalue weighted by Gasteiger charge is 2.15. The van der Waals surface area contributed by atoms with Crippen LogP contribution in [-0.2, 0) is 16.1 Å². The van der Waals surface area contributed by atoms with Crippen LogP contribution in [0.1, 0.15) is 19.3 Å². The van der Waals surface area contributed by atoms with Gasteiger partial charge in [-0.05, 0) is 62.7 Å². The lowest BCUT2D eigenvalue weighted by atomic mass is 10.1. The second-order valence-electron chi connectivity index (χ2n) is 9.79. The summed E-state index contributed by atoms with van der Waals surface area (Å²) in [6.45, 7) is 4.27. The Kier molecular flexibility index (Phi) is 7.46. The Balaban J connectivity index is 1.07. The molecule has 10 nitrogen and oxygen atoms in total. The van der Waals surface area contributed by atoms with Gasteiger partial charge in [0.15, 0.2) is 5.65 Å². The Morgan fingerprint density at radius 3 is 2.77 bits per heavy atom. The maximum Gasteiger partial charge on any atom is 0.247 e. The van der Waals surface area contributed by atoms with Crippen LogP contribution in [-0.4, -0.2) is 67.5 Å². The second kappa shape index (κ2) is 11.6. The van der Waals surface area contributed by atoms with Crippen molar-refractivity contribution in [2.24, 2.45) is 0 Å². The fourth-order valence-electron chi connectivity index (χ4n) is 4.91. The van der Waals surface area contributed by atoms with Crippen LogP contribution in [0.2, 0.25) is 0 Å². The van der Waals surface area contributed by atoms with E-state index in [1.165, 1.54) is 25.9 Å². The summed E-state index contributed by atoms with van der Waals surface area (Å²) in [5.41, 5.74) is 4.10.